The molecule has 0 bridgehead atoms. The van der Waals surface area contributed by atoms with E-state index in [9.17, 15) is 4.79 Å². The molecule has 4 rings (SSSR count). The molecule has 6 heteroatoms. The highest BCUT2D eigenvalue weighted by atomic mass is 79.9. The summed E-state index contributed by atoms with van der Waals surface area (Å²) in [5, 5.41) is 4.79. The van der Waals surface area contributed by atoms with Crippen molar-refractivity contribution in [3.05, 3.63) is 101 Å². The maximum absolute atomic E-state index is 12.9. The van der Waals surface area contributed by atoms with Gasteiger partial charge in [-0.25, -0.2) is 4.68 Å². The third-order valence-electron chi connectivity index (χ3n) is 4.97. The van der Waals surface area contributed by atoms with Crippen LogP contribution in [0, 0.1) is 0 Å². The van der Waals surface area contributed by atoms with E-state index in [1.54, 1.807) is 37.5 Å². The highest BCUT2D eigenvalue weighted by Crippen LogP contribution is 2.28. The third kappa shape index (κ3) is 4.65. The van der Waals surface area contributed by atoms with Crippen LogP contribution in [0.2, 0.25) is 0 Å². The Hall–Kier alpha value is -3.64. The molecule has 32 heavy (non-hydrogen) atoms. The van der Waals surface area contributed by atoms with Crippen LogP contribution in [0.15, 0.2) is 89.5 Å². The van der Waals surface area contributed by atoms with Crippen LogP contribution in [0.3, 0.4) is 0 Å². The number of halogens is 1. The number of carbonyl (C=O) groups is 1. The number of rotatable bonds is 7. The zero-order valence-electron chi connectivity index (χ0n) is 17.7. The zero-order valence-corrected chi connectivity index (χ0v) is 19.2. The predicted octanol–water partition coefficient (Wildman–Crippen LogP) is 6.22. The first kappa shape index (κ1) is 21.6. The number of benzene rings is 3. The molecule has 160 valence electrons. The molecular weight excluding hydrogens is 468 g/mol. The minimum absolute atomic E-state index is 0.168. The van der Waals surface area contributed by atoms with Gasteiger partial charge in [0, 0.05) is 27.9 Å². The van der Waals surface area contributed by atoms with Gasteiger partial charge in [-0.2, -0.15) is 5.10 Å². The Morgan fingerprint density at radius 2 is 1.72 bits per heavy atom. The molecule has 5 nitrogen and oxygen atoms in total. The van der Waals surface area contributed by atoms with Crippen LogP contribution < -0.4 is 9.47 Å². The number of hydrogen-bond donors (Lipinski definition) is 0. The number of ketones is 1. The minimum Gasteiger partial charge on any atom is -0.497 e. The Kier molecular flexibility index (Phi) is 6.52. The number of hydrogen-bond acceptors (Lipinski definition) is 4. The summed E-state index contributed by atoms with van der Waals surface area (Å²) >= 11 is 3.47. The standard InChI is InChI=1S/C26H21BrN2O3/c1-31-22-13-14-23(25(16-22)32-2)24(30)15-10-19-17-29(21-6-4-3-5-7-21)28-26(19)18-8-11-20(27)12-9-18/h3-17H,1-2H3/b15-10+. The zero-order chi connectivity index (χ0) is 22.5. The van der Waals surface area contributed by atoms with Crippen LogP contribution in [-0.2, 0) is 0 Å². The lowest BCUT2D eigenvalue weighted by Gasteiger charge is -2.07. The van der Waals surface area contributed by atoms with Crippen LogP contribution in [0.4, 0.5) is 0 Å². The van der Waals surface area contributed by atoms with Crippen LogP contribution in [-0.4, -0.2) is 29.8 Å². The molecule has 1 aromatic heterocycles. The molecule has 0 saturated carbocycles. The lowest BCUT2D eigenvalue weighted by atomic mass is 10.1. The summed E-state index contributed by atoms with van der Waals surface area (Å²) in [6.45, 7) is 0. The second-order valence-electron chi connectivity index (χ2n) is 6.98. The number of allylic oxidation sites excluding steroid dienone is 1. The molecule has 0 aliphatic carbocycles. The molecule has 0 unspecified atom stereocenters. The number of aromatic nitrogens is 2. The van der Waals surface area contributed by atoms with Crippen molar-refractivity contribution in [3.63, 3.8) is 0 Å². The molecule has 1 heterocycles. The maximum atomic E-state index is 12.9. The number of carbonyl (C=O) groups excluding carboxylic acids is 1. The van der Waals surface area contributed by atoms with Crippen LogP contribution in [0.1, 0.15) is 15.9 Å². The van der Waals surface area contributed by atoms with E-state index in [-0.39, 0.29) is 5.78 Å². The Morgan fingerprint density at radius 3 is 2.41 bits per heavy atom. The van der Waals surface area contributed by atoms with Gasteiger partial charge in [0.05, 0.1) is 31.2 Å². The largest absolute Gasteiger partial charge is 0.497 e. The van der Waals surface area contributed by atoms with Gasteiger partial charge >= 0.3 is 0 Å². The van der Waals surface area contributed by atoms with E-state index in [1.165, 1.54) is 7.11 Å². The highest BCUT2D eigenvalue weighted by Gasteiger charge is 2.14. The monoisotopic (exact) mass is 488 g/mol. The summed E-state index contributed by atoms with van der Waals surface area (Å²) in [5.41, 5.74) is 3.97. The van der Waals surface area contributed by atoms with Crippen molar-refractivity contribution in [1.82, 2.24) is 9.78 Å². The number of methoxy groups -OCH3 is 2. The molecule has 0 aliphatic heterocycles. The Bertz CT molecular complexity index is 1260. The van der Waals surface area contributed by atoms with E-state index in [1.807, 2.05) is 65.5 Å². The predicted molar refractivity (Wildman–Crippen MR) is 130 cm³/mol. The molecule has 0 N–H and O–H groups in total. The van der Waals surface area contributed by atoms with Gasteiger partial charge in [-0.1, -0.05) is 46.3 Å². The second kappa shape index (κ2) is 9.66. The average molecular weight is 489 g/mol. The summed E-state index contributed by atoms with van der Waals surface area (Å²) in [6.07, 6.45) is 5.25. The quantitative estimate of drug-likeness (QED) is 0.229. The van der Waals surface area contributed by atoms with Crippen LogP contribution in [0.5, 0.6) is 11.5 Å². The molecule has 0 amide bonds. The van der Waals surface area contributed by atoms with Gasteiger partial charge in [-0.15, -0.1) is 0 Å². The van der Waals surface area contributed by atoms with Crippen molar-refractivity contribution in [2.45, 2.75) is 0 Å². The third-order valence-corrected chi connectivity index (χ3v) is 5.50. The first-order valence-corrected chi connectivity index (χ1v) is 10.7. The van der Waals surface area contributed by atoms with Crippen molar-refractivity contribution in [2.75, 3.05) is 14.2 Å². The van der Waals surface area contributed by atoms with Gasteiger partial charge < -0.3 is 9.47 Å². The summed E-state index contributed by atoms with van der Waals surface area (Å²) in [6, 6.07) is 22.9. The fourth-order valence-electron chi connectivity index (χ4n) is 3.31. The number of para-hydroxylation sites is 1. The smallest absolute Gasteiger partial charge is 0.189 e. The minimum atomic E-state index is -0.168. The fraction of sp³-hybridized carbons (Fsp3) is 0.0769. The molecule has 0 fully saturated rings. The number of ether oxygens (including phenoxy) is 2. The van der Waals surface area contributed by atoms with Gasteiger partial charge in [0.15, 0.2) is 5.78 Å². The maximum Gasteiger partial charge on any atom is 0.189 e. The SMILES string of the molecule is COc1ccc(C(=O)/C=C/c2cn(-c3ccccc3)nc2-c2ccc(Br)cc2)c(OC)c1. The Morgan fingerprint density at radius 1 is 0.969 bits per heavy atom. The first-order valence-electron chi connectivity index (χ1n) is 9.94. The summed E-state index contributed by atoms with van der Waals surface area (Å²) in [7, 11) is 3.11. The summed E-state index contributed by atoms with van der Waals surface area (Å²) in [4.78, 5) is 12.9. The van der Waals surface area contributed by atoms with Crippen molar-refractivity contribution in [2.24, 2.45) is 0 Å². The van der Waals surface area contributed by atoms with E-state index in [4.69, 9.17) is 14.6 Å². The summed E-state index contributed by atoms with van der Waals surface area (Å²) < 4.78 is 13.4. The van der Waals surface area contributed by atoms with Gasteiger partial charge in [-0.3, -0.25) is 4.79 Å². The van der Waals surface area contributed by atoms with Gasteiger partial charge in [0.2, 0.25) is 0 Å². The van der Waals surface area contributed by atoms with Crippen LogP contribution >= 0.6 is 15.9 Å². The van der Waals surface area contributed by atoms with E-state index in [0.29, 0.717) is 17.1 Å². The molecule has 0 radical (unpaired) electrons. The van der Waals surface area contributed by atoms with Gasteiger partial charge in [0.1, 0.15) is 11.5 Å². The van der Waals surface area contributed by atoms with Crippen molar-refractivity contribution in [1.29, 1.82) is 0 Å². The number of nitrogens with zero attached hydrogens (tertiary/aromatic N) is 2. The average Bonchev–Trinajstić information content (AvgIpc) is 3.27. The Balaban J connectivity index is 1.72. The van der Waals surface area contributed by atoms with E-state index in [2.05, 4.69) is 15.9 Å². The fourth-order valence-corrected chi connectivity index (χ4v) is 3.58. The first-order chi connectivity index (χ1) is 15.6. The van der Waals surface area contributed by atoms with Crippen molar-refractivity contribution >= 4 is 27.8 Å². The van der Waals surface area contributed by atoms with Gasteiger partial charge in [0.25, 0.3) is 0 Å². The van der Waals surface area contributed by atoms with Crippen molar-refractivity contribution < 1.29 is 14.3 Å². The summed E-state index contributed by atoms with van der Waals surface area (Å²) in [5.74, 6) is 0.926. The van der Waals surface area contributed by atoms with E-state index >= 15 is 0 Å². The van der Waals surface area contributed by atoms with Gasteiger partial charge in [-0.05, 0) is 48.6 Å². The highest BCUT2D eigenvalue weighted by molar-refractivity contribution is 9.10. The van der Waals surface area contributed by atoms with E-state index < -0.39 is 0 Å². The Labute approximate surface area is 195 Å². The van der Waals surface area contributed by atoms with Crippen molar-refractivity contribution in [3.8, 4) is 28.4 Å². The second-order valence-corrected chi connectivity index (χ2v) is 7.90. The molecule has 0 spiro atoms. The van der Waals surface area contributed by atoms with Crippen LogP contribution in [0.25, 0.3) is 23.0 Å². The lowest BCUT2D eigenvalue weighted by Crippen LogP contribution is -1.99. The molecule has 3 aromatic carbocycles. The molecule has 0 atom stereocenters. The lowest BCUT2D eigenvalue weighted by molar-refractivity contribution is 0.104. The normalized spacial score (nSPS) is 11.0. The molecule has 0 saturated heterocycles. The molecular formula is C26H21BrN2O3. The molecule has 4 aromatic rings. The topological polar surface area (TPSA) is 53.4 Å². The van der Waals surface area contributed by atoms with E-state index in [0.717, 1.165) is 27.0 Å². The molecule has 0 aliphatic rings.